The highest BCUT2D eigenvalue weighted by atomic mass is 32.2. The summed E-state index contributed by atoms with van der Waals surface area (Å²) < 4.78 is 27.8. The zero-order valence-corrected chi connectivity index (χ0v) is 13.9. The fourth-order valence-electron chi connectivity index (χ4n) is 2.30. The number of esters is 1. The Morgan fingerprint density at radius 1 is 1.36 bits per heavy atom. The second kappa shape index (κ2) is 6.97. The van der Waals surface area contributed by atoms with Gasteiger partial charge in [-0.25, -0.2) is 13.2 Å². The number of nitro benzene ring substituents is 1. The second-order valence-corrected chi connectivity index (χ2v) is 7.31. The van der Waals surface area contributed by atoms with Crippen molar-refractivity contribution in [1.82, 2.24) is 4.90 Å². The molecule has 2 rings (SSSR count). The van der Waals surface area contributed by atoms with Gasteiger partial charge >= 0.3 is 5.97 Å². The lowest BCUT2D eigenvalue weighted by Crippen LogP contribution is -2.35. The molecule has 1 aromatic carbocycles. The molecule has 0 aromatic heterocycles. The molecule has 0 spiro atoms. The number of carbonyl (C=O) groups is 3. The summed E-state index contributed by atoms with van der Waals surface area (Å²) in [5, 5.41) is 11.0. The van der Waals surface area contributed by atoms with Crippen molar-refractivity contribution in [2.24, 2.45) is 0 Å². The maximum absolute atomic E-state index is 11.9. The molecule has 0 saturated carbocycles. The minimum atomic E-state index is -3.86. The molecule has 0 unspecified atom stereocenters. The number of sulfone groups is 1. The summed E-state index contributed by atoms with van der Waals surface area (Å²) in [6.45, 7) is -0.435. The molecule has 0 N–H and O–H groups in total. The molecule has 11 heteroatoms. The van der Waals surface area contributed by atoms with E-state index in [-0.39, 0.29) is 24.4 Å². The first-order valence-corrected chi connectivity index (χ1v) is 8.99. The Morgan fingerprint density at radius 3 is 2.56 bits per heavy atom. The van der Waals surface area contributed by atoms with Crippen LogP contribution in [0.2, 0.25) is 0 Å². The number of amides is 2. The Balaban J connectivity index is 2.14. The van der Waals surface area contributed by atoms with E-state index >= 15 is 0 Å². The summed E-state index contributed by atoms with van der Waals surface area (Å²) >= 11 is 0. The van der Waals surface area contributed by atoms with Gasteiger partial charge in [0.15, 0.2) is 16.4 Å². The van der Waals surface area contributed by atoms with Crippen LogP contribution in [-0.2, 0) is 24.2 Å². The molecule has 0 aliphatic carbocycles. The highest BCUT2D eigenvalue weighted by molar-refractivity contribution is 7.90. The van der Waals surface area contributed by atoms with Crippen molar-refractivity contribution in [1.29, 1.82) is 0 Å². The Bertz CT molecular complexity index is 862. The maximum Gasteiger partial charge on any atom is 0.338 e. The summed E-state index contributed by atoms with van der Waals surface area (Å²) in [4.78, 5) is 45.7. The second-order valence-electron chi connectivity index (χ2n) is 5.33. The molecule has 2 amide bonds. The summed E-state index contributed by atoms with van der Waals surface area (Å²) in [6.07, 6.45) is 1.59. The van der Waals surface area contributed by atoms with Crippen LogP contribution in [0.15, 0.2) is 23.1 Å². The molecule has 134 valence electrons. The van der Waals surface area contributed by atoms with Crippen LogP contribution >= 0.6 is 0 Å². The van der Waals surface area contributed by atoms with Crippen LogP contribution in [-0.4, -0.2) is 55.4 Å². The Hall–Kier alpha value is -2.82. The van der Waals surface area contributed by atoms with Crippen LogP contribution in [0.1, 0.15) is 23.2 Å². The fraction of sp³-hybridized carbons (Fsp3) is 0.357. The van der Waals surface area contributed by atoms with E-state index in [0.717, 1.165) is 29.4 Å². The first kappa shape index (κ1) is 18.5. The molecular formula is C14H14N2O8S. The molecule has 10 nitrogen and oxygen atoms in total. The monoisotopic (exact) mass is 370 g/mol. The molecule has 0 radical (unpaired) electrons. The third-order valence-electron chi connectivity index (χ3n) is 3.49. The van der Waals surface area contributed by atoms with Gasteiger partial charge in [0.25, 0.3) is 11.6 Å². The highest BCUT2D eigenvalue weighted by Crippen LogP contribution is 2.25. The van der Waals surface area contributed by atoms with Crippen molar-refractivity contribution in [2.75, 3.05) is 19.4 Å². The van der Waals surface area contributed by atoms with Crippen LogP contribution in [0.5, 0.6) is 0 Å². The van der Waals surface area contributed by atoms with Crippen molar-refractivity contribution in [3.63, 3.8) is 0 Å². The van der Waals surface area contributed by atoms with Crippen molar-refractivity contribution in [3.05, 3.63) is 33.9 Å². The average molecular weight is 370 g/mol. The highest BCUT2D eigenvalue weighted by Gasteiger charge is 2.28. The third-order valence-corrected chi connectivity index (χ3v) is 4.64. The van der Waals surface area contributed by atoms with E-state index in [9.17, 15) is 32.9 Å². The molecule has 0 bridgehead atoms. The van der Waals surface area contributed by atoms with Gasteiger partial charge in [-0.05, 0) is 18.6 Å². The van der Waals surface area contributed by atoms with E-state index in [1.54, 1.807) is 0 Å². The van der Waals surface area contributed by atoms with E-state index in [0.29, 0.717) is 6.42 Å². The minimum Gasteiger partial charge on any atom is -0.452 e. The van der Waals surface area contributed by atoms with Gasteiger partial charge in [0.05, 0.1) is 10.5 Å². The number of benzene rings is 1. The van der Waals surface area contributed by atoms with E-state index in [4.69, 9.17) is 4.74 Å². The van der Waals surface area contributed by atoms with E-state index in [1.807, 2.05) is 0 Å². The molecule has 1 aliphatic rings. The summed E-state index contributed by atoms with van der Waals surface area (Å²) in [5.41, 5.74) is -1.04. The molecule has 0 atom stereocenters. The molecule has 1 heterocycles. The van der Waals surface area contributed by atoms with Crippen molar-refractivity contribution >= 4 is 33.3 Å². The molecular weight excluding hydrogens is 356 g/mol. The molecule has 1 saturated heterocycles. The predicted octanol–water partition coefficient (Wildman–Crippen LogP) is 0.304. The normalized spacial score (nSPS) is 14.4. The standard InChI is InChI=1S/C14H14N2O8S/c1-25(22,23)11-5-4-9(7-10(11)16(20)21)14(19)24-8-13(18)15-6-2-3-12(15)17/h4-5,7H,2-3,6,8H2,1H3. The average Bonchev–Trinajstić information content (AvgIpc) is 2.96. The number of hydrogen-bond donors (Lipinski definition) is 0. The smallest absolute Gasteiger partial charge is 0.338 e. The molecule has 1 fully saturated rings. The number of nitro groups is 1. The van der Waals surface area contributed by atoms with Gasteiger partial charge in [0.1, 0.15) is 4.90 Å². The number of imide groups is 1. The van der Waals surface area contributed by atoms with Crippen molar-refractivity contribution < 1.29 is 32.5 Å². The largest absolute Gasteiger partial charge is 0.452 e. The lowest BCUT2D eigenvalue weighted by molar-refractivity contribution is -0.387. The first-order valence-electron chi connectivity index (χ1n) is 7.10. The van der Waals surface area contributed by atoms with Crippen LogP contribution < -0.4 is 0 Å². The van der Waals surface area contributed by atoms with Gasteiger partial charge in [0.2, 0.25) is 5.91 Å². The maximum atomic E-state index is 11.9. The summed E-state index contributed by atoms with van der Waals surface area (Å²) in [7, 11) is -3.86. The summed E-state index contributed by atoms with van der Waals surface area (Å²) in [5.74, 6) is -2.07. The van der Waals surface area contributed by atoms with Crippen LogP contribution in [0.4, 0.5) is 5.69 Å². The van der Waals surface area contributed by atoms with Crippen molar-refractivity contribution in [2.45, 2.75) is 17.7 Å². The van der Waals surface area contributed by atoms with E-state index in [2.05, 4.69) is 0 Å². The van der Waals surface area contributed by atoms with E-state index in [1.165, 1.54) is 0 Å². The van der Waals surface area contributed by atoms with Crippen LogP contribution in [0.25, 0.3) is 0 Å². The van der Waals surface area contributed by atoms with Gasteiger partial charge in [-0.1, -0.05) is 0 Å². The topological polar surface area (TPSA) is 141 Å². The summed E-state index contributed by atoms with van der Waals surface area (Å²) in [6, 6.07) is 2.75. The van der Waals surface area contributed by atoms with Crippen LogP contribution in [0.3, 0.4) is 0 Å². The van der Waals surface area contributed by atoms with Gasteiger partial charge in [-0.3, -0.25) is 24.6 Å². The number of nitrogens with zero attached hydrogens (tertiary/aromatic N) is 2. The van der Waals surface area contributed by atoms with Gasteiger partial charge < -0.3 is 4.74 Å². The number of likely N-dealkylation sites (tertiary alicyclic amines) is 1. The quantitative estimate of drug-likeness (QED) is 0.409. The predicted molar refractivity (Wildman–Crippen MR) is 82.4 cm³/mol. The lowest BCUT2D eigenvalue weighted by atomic mass is 10.2. The Kier molecular flexibility index (Phi) is 5.16. The lowest BCUT2D eigenvalue weighted by Gasteiger charge is -2.13. The molecule has 1 aromatic rings. The number of carbonyl (C=O) groups excluding carboxylic acids is 3. The van der Waals surface area contributed by atoms with Gasteiger partial charge in [-0.15, -0.1) is 0 Å². The fourth-order valence-corrected chi connectivity index (χ4v) is 3.13. The molecule has 25 heavy (non-hydrogen) atoms. The van der Waals surface area contributed by atoms with E-state index < -0.39 is 43.8 Å². The number of hydrogen-bond acceptors (Lipinski definition) is 8. The first-order chi connectivity index (χ1) is 11.6. The molecule has 1 aliphatic heterocycles. The van der Waals surface area contributed by atoms with Crippen molar-refractivity contribution in [3.8, 4) is 0 Å². The van der Waals surface area contributed by atoms with Gasteiger partial charge in [0, 0.05) is 25.3 Å². The van der Waals surface area contributed by atoms with Gasteiger partial charge in [-0.2, -0.15) is 0 Å². The number of ether oxygens (including phenoxy) is 1. The minimum absolute atomic E-state index is 0.249. The zero-order chi connectivity index (χ0) is 18.8. The van der Waals surface area contributed by atoms with Crippen LogP contribution in [0, 0.1) is 10.1 Å². The SMILES string of the molecule is CS(=O)(=O)c1ccc(C(=O)OCC(=O)N2CCCC2=O)cc1[N+](=O)[O-]. The Morgan fingerprint density at radius 2 is 2.04 bits per heavy atom. The third kappa shape index (κ3) is 4.18. The Labute approximate surface area is 142 Å². The zero-order valence-electron chi connectivity index (χ0n) is 13.1. The number of rotatable bonds is 5.